The predicted molar refractivity (Wildman–Crippen MR) is 67.4 cm³/mol. The maximum atomic E-state index is 13.4. The third-order valence-electron chi connectivity index (χ3n) is 2.69. The molecule has 0 aliphatic heterocycles. The van der Waals surface area contributed by atoms with E-state index in [0.29, 0.717) is 5.56 Å². The van der Waals surface area contributed by atoms with Crippen LogP contribution in [0.5, 0.6) is 0 Å². The third kappa shape index (κ3) is 2.81. The minimum Gasteiger partial charge on any atom is -0.377 e. The average Bonchev–Trinajstić information content (AvgIpc) is 2.35. The van der Waals surface area contributed by atoms with Crippen LogP contribution in [0.2, 0.25) is 0 Å². The topological polar surface area (TPSA) is 24.9 Å². The van der Waals surface area contributed by atoms with Crippen LogP contribution in [0.4, 0.5) is 10.1 Å². The molecule has 0 saturated carbocycles. The molecule has 0 amide bonds. The Morgan fingerprint density at radius 2 is 2.06 bits per heavy atom. The van der Waals surface area contributed by atoms with Crippen LogP contribution >= 0.6 is 0 Å². The molecule has 0 radical (unpaired) electrons. The number of aryl methyl sites for hydroxylation is 1. The van der Waals surface area contributed by atoms with Gasteiger partial charge in [0.25, 0.3) is 0 Å². The van der Waals surface area contributed by atoms with E-state index in [0.717, 1.165) is 11.4 Å². The highest BCUT2D eigenvalue weighted by Gasteiger charge is 2.06. The van der Waals surface area contributed by atoms with Gasteiger partial charge in [-0.2, -0.15) is 0 Å². The summed E-state index contributed by atoms with van der Waals surface area (Å²) >= 11 is 0. The molecule has 0 saturated heterocycles. The zero-order chi connectivity index (χ0) is 12.3. The Labute approximate surface area is 101 Å². The van der Waals surface area contributed by atoms with Crippen molar-refractivity contribution in [2.45, 2.75) is 19.9 Å². The highest BCUT2D eigenvalue weighted by atomic mass is 19.1. The first-order valence-corrected chi connectivity index (χ1v) is 5.60. The average molecular weight is 230 g/mol. The lowest BCUT2D eigenvalue weighted by Gasteiger charge is -2.15. The molecule has 0 fully saturated rings. The molecule has 2 aromatic rings. The molecule has 1 unspecified atom stereocenters. The van der Waals surface area contributed by atoms with E-state index in [1.165, 1.54) is 6.07 Å². The molecule has 88 valence electrons. The number of halogens is 1. The molecular weight excluding hydrogens is 215 g/mol. The third-order valence-corrected chi connectivity index (χ3v) is 2.69. The van der Waals surface area contributed by atoms with Crippen molar-refractivity contribution in [2.75, 3.05) is 5.32 Å². The number of benzene rings is 1. The van der Waals surface area contributed by atoms with Crippen LogP contribution in [0, 0.1) is 12.7 Å². The zero-order valence-electron chi connectivity index (χ0n) is 9.94. The van der Waals surface area contributed by atoms with Gasteiger partial charge in [0.15, 0.2) is 0 Å². The second-order valence-corrected chi connectivity index (χ2v) is 4.08. The summed E-state index contributed by atoms with van der Waals surface area (Å²) in [6, 6.07) is 11.0. The Balaban J connectivity index is 2.13. The van der Waals surface area contributed by atoms with Gasteiger partial charge in [0, 0.05) is 11.9 Å². The zero-order valence-corrected chi connectivity index (χ0v) is 9.94. The molecular formula is C14H15FN2. The van der Waals surface area contributed by atoms with Crippen molar-refractivity contribution in [3.63, 3.8) is 0 Å². The van der Waals surface area contributed by atoms with Gasteiger partial charge in [0.05, 0.1) is 11.7 Å². The number of nitrogens with zero attached hydrogens (tertiary/aromatic N) is 1. The summed E-state index contributed by atoms with van der Waals surface area (Å²) in [5.41, 5.74) is 2.36. The Kier molecular flexibility index (Phi) is 3.38. The number of aromatic nitrogens is 1. The van der Waals surface area contributed by atoms with Crippen LogP contribution in [0.1, 0.15) is 24.2 Å². The van der Waals surface area contributed by atoms with Crippen molar-refractivity contribution < 1.29 is 4.39 Å². The van der Waals surface area contributed by atoms with E-state index in [-0.39, 0.29) is 11.9 Å². The summed E-state index contributed by atoms with van der Waals surface area (Å²) in [5.74, 6) is -0.191. The first-order chi connectivity index (χ1) is 8.16. The van der Waals surface area contributed by atoms with Crippen LogP contribution in [0.25, 0.3) is 0 Å². The molecule has 1 aromatic heterocycles. The van der Waals surface area contributed by atoms with Gasteiger partial charge in [-0.05, 0) is 43.7 Å². The molecule has 0 aliphatic carbocycles. The lowest BCUT2D eigenvalue weighted by atomic mass is 10.1. The molecule has 2 nitrogen and oxygen atoms in total. The van der Waals surface area contributed by atoms with E-state index < -0.39 is 0 Å². The van der Waals surface area contributed by atoms with Gasteiger partial charge in [-0.15, -0.1) is 0 Å². The summed E-state index contributed by atoms with van der Waals surface area (Å²) in [7, 11) is 0. The lowest BCUT2D eigenvalue weighted by Crippen LogP contribution is -2.08. The van der Waals surface area contributed by atoms with Crippen LogP contribution in [0.3, 0.4) is 0 Å². The van der Waals surface area contributed by atoms with Gasteiger partial charge in [-0.3, -0.25) is 4.98 Å². The Bertz CT molecular complexity index is 497. The van der Waals surface area contributed by atoms with Crippen molar-refractivity contribution in [1.29, 1.82) is 0 Å². The minimum absolute atomic E-state index is 0.0540. The molecule has 3 heteroatoms. The fourth-order valence-corrected chi connectivity index (χ4v) is 1.64. The van der Waals surface area contributed by atoms with Gasteiger partial charge in [-0.25, -0.2) is 4.39 Å². The fraction of sp³-hybridized carbons (Fsp3) is 0.214. The second-order valence-electron chi connectivity index (χ2n) is 4.08. The lowest BCUT2D eigenvalue weighted by molar-refractivity contribution is 0.618. The molecule has 0 spiro atoms. The van der Waals surface area contributed by atoms with Crippen molar-refractivity contribution >= 4 is 5.69 Å². The normalized spacial score (nSPS) is 12.2. The van der Waals surface area contributed by atoms with Crippen molar-refractivity contribution in [2.24, 2.45) is 0 Å². The molecule has 1 N–H and O–H groups in total. The van der Waals surface area contributed by atoms with Gasteiger partial charge >= 0.3 is 0 Å². The Morgan fingerprint density at radius 3 is 2.71 bits per heavy atom. The summed E-state index contributed by atoms with van der Waals surface area (Å²) in [6.45, 7) is 3.75. The second kappa shape index (κ2) is 4.95. The fourth-order valence-electron chi connectivity index (χ4n) is 1.64. The van der Waals surface area contributed by atoms with Crippen LogP contribution in [-0.2, 0) is 0 Å². The molecule has 2 rings (SSSR count). The maximum Gasteiger partial charge on any atom is 0.128 e. The molecule has 0 aliphatic rings. The van der Waals surface area contributed by atoms with Gasteiger partial charge < -0.3 is 5.32 Å². The van der Waals surface area contributed by atoms with E-state index in [4.69, 9.17) is 0 Å². The van der Waals surface area contributed by atoms with Gasteiger partial charge in [0.1, 0.15) is 5.82 Å². The van der Waals surface area contributed by atoms with Crippen LogP contribution in [0.15, 0.2) is 42.6 Å². The van der Waals surface area contributed by atoms with E-state index in [9.17, 15) is 4.39 Å². The summed E-state index contributed by atoms with van der Waals surface area (Å²) in [4.78, 5) is 4.26. The molecule has 1 aromatic carbocycles. The minimum atomic E-state index is -0.191. The molecule has 17 heavy (non-hydrogen) atoms. The number of hydrogen-bond acceptors (Lipinski definition) is 2. The van der Waals surface area contributed by atoms with Crippen molar-refractivity contribution in [3.05, 3.63) is 59.7 Å². The van der Waals surface area contributed by atoms with E-state index in [1.54, 1.807) is 19.2 Å². The number of hydrogen-bond donors (Lipinski definition) is 1. The van der Waals surface area contributed by atoms with E-state index >= 15 is 0 Å². The first kappa shape index (κ1) is 11.6. The molecule has 0 bridgehead atoms. The van der Waals surface area contributed by atoms with Gasteiger partial charge in [0.2, 0.25) is 0 Å². The number of anilines is 1. The van der Waals surface area contributed by atoms with Crippen molar-refractivity contribution in [1.82, 2.24) is 4.98 Å². The maximum absolute atomic E-state index is 13.4. The highest BCUT2D eigenvalue weighted by molar-refractivity contribution is 5.46. The monoisotopic (exact) mass is 230 g/mol. The van der Waals surface area contributed by atoms with Crippen LogP contribution in [-0.4, -0.2) is 4.98 Å². The van der Waals surface area contributed by atoms with Crippen LogP contribution < -0.4 is 5.32 Å². The first-order valence-electron chi connectivity index (χ1n) is 5.60. The number of rotatable bonds is 3. The van der Waals surface area contributed by atoms with E-state index in [1.807, 2.05) is 31.2 Å². The molecule has 1 heterocycles. The number of pyridine rings is 1. The molecule has 1 atom stereocenters. The Morgan fingerprint density at radius 1 is 1.24 bits per heavy atom. The SMILES string of the molecule is Cc1ccc(NC(C)c2ccccn2)cc1F. The Hall–Kier alpha value is -1.90. The summed E-state index contributed by atoms with van der Waals surface area (Å²) < 4.78 is 13.4. The standard InChI is InChI=1S/C14H15FN2/c1-10-6-7-12(9-13(10)15)17-11(2)14-5-3-4-8-16-14/h3-9,11,17H,1-2H3. The predicted octanol–water partition coefficient (Wildman–Crippen LogP) is 3.70. The van der Waals surface area contributed by atoms with Crippen molar-refractivity contribution in [3.8, 4) is 0 Å². The summed E-state index contributed by atoms with van der Waals surface area (Å²) in [5, 5.41) is 3.22. The highest BCUT2D eigenvalue weighted by Crippen LogP contribution is 2.19. The van der Waals surface area contributed by atoms with E-state index in [2.05, 4.69) is 10.3 Å². The smallest absolute Gasteiger partial charge is 0.128 e. The number of nitrogens with one attached hydrogen (secondary N) is 1. The summed E-state index contributed by atoms with van der Waals surface area (Å²) in [6.07, 6.45) is 1.75. The largest absolute Gasteiger partial charge is 0.377 e. The van der Waals surface area contributed by atoms with Gasteiger partial charge in [-0.1, -0.05) is 12.1 Å². The quantitative estimate of drug-likeness (QED) is 0.869.